The molecular formula is C14H19N3O2. The fourth-order valence-electron chi connectivity index (χ4n) is 1.71. The standard InChI is InChI=1S/C14H19N3O2/c1-4-17(9-10(2)3)13(18)11-6-5-7-12(8-11)16-14(15)19/h5-8H,2,4,9H2,1,3H3,(H3,15,16,19). The minimum absolute atomic E-state index is 0.0985. The number of likely N-dealkylation sites (N-methyl/N-ethyl adjacent to an activating group) is 1. The Kier molecular flexibility index (Phi) is 5.11. The van der Waals surface area contributed by atoms with Crippen molar-refractivity contribution in [2.75, 3.05) is 18.4 Å². The Morgan fingerprint density at radius 3 is 2.63 bits per heavy atom. The fourth-order valence-corrected chi connectivity index (χ4v) is 1.71. The molecule has 1 rings (SSSR count). The molecule has 0 aliphatic carbocycles. The van der Waals surface area contributed by atoms with E-state index in [1.165, 1.54) is 0 Å². The van der Waals surface area contributed by atoms with E-state index >= 15 is 0 Å². The van der Waals surface area contributed by atoms with Gasteiger partial charge >= 0.3 is 6.03 Å². The third-order valence-corrected chi connectivity index (χ3v) is 2.51. The smallest absolute Gasteiger partial charge is 0.316 e. The van der Waals surface area contributed by atoms with E-state index in [1.807, 2.05) is 13.8 Å². The zero-order valence-corrected chi connectivity index (χ0v) is 11.3. The molecule has 0 radical (unpaired) electrons. The quantitative estimate of drug-likeness (QED) is 0.797. The summed E-state index contributed by atoms with van der Waals surface area (Å²) in [6.45, 7) is 8.71. The molecular weight excluding hydrogens is 242 g/mol. The summed E-state index contributed by atoms with van der Waals surface area (Å²) >= 11 is 0. The van der Waals surface area contributed by atoms with Crippen LogP contribution in [0.15, 0.2) is 36.4 Å². The maximum Gasteiger partial charge on any atom is 0.316 e. The van der Waals surface area contributed by atoms with Crippen molar-refractivity contribution in [2.24, 2.45) is 5.73 Å². The Morgan fingerprint density at radius 1 is 1.42 bits per heavy atom. The van der Waals surface area contributed by atoms with E-state index in [1.54, 1.807) is 29.2 Å². The molecule has 0 saturated carbocycles. The van der Waals surface area contributed by atoms with Gasteiger partial charge in [0.25, 0.3) is 5.91 Å². The monoisotopic (exact) mass is 261 g/mol. The number of nitrogens with two attached hydrogens (primary N) is 1. The molecule has 102 valence electrons. The lowest BCUT2D eigenvalue weighted by molar-refractivity contribution is 0.0778. The van der Waals surface area contributed by atoms with Crippen LogP contribution in [0.1, 0.15) is 24.2 Å². The number of carbonyl (C=O) groups excluding carboxylic acids is 2. The molecule has 0 spiro atoms. The van der Waals surface area contributed by atoms with Gasteiger partial charge in [-0.1, -0.05) is 18.2 Å². The highest BCUT2D eigenvalue weighted by atomic mass is 16.2. The maximum absolute atomic E-state index is 12.3. The fraction of sp³-hybridized carbons (Fsp3) is 0.286. The third kappa shape index (κ3) is 4.46. The third-order valence-electron chi connectivity index (χ3n) is 2.51. The molecule has 5 heteroatoms. The second kappa shape index (κ2) is 6.58. The molecule has 0 heterocycles. The highest BCUT2D eigenvalue weighted by Crippen LogP contribution is 2.13. The SMILES string of the molecule is C=C(C)CN(CC)C(=O)c1cccc(NC(N)=O)c1. The molecule has 3 amide bonds. The molecule has 0 bridgehead atoms. The van der Waals surface area contributed by atoms with Gasteiger partial charge in [-0.15, -0.1) is 0 Å². The molecule has 5 nitrogen and oxygen atoms in total. The van der Waals surface area contributed by atoms with E-state index in [2.05, 4.69) is 11.9 Å². The van der Waals surface area contributed by atoms with Gasteiger partial charge in [-0.25, -0.2) is 4.79 Å². The molecule has 0 aromatic heterocycles. The minimum Gasteiger partial charge on any atom is -0.351 e. The van der Waals surface area contributed by atoms with Crippen LogP contribution in [0.5, 0.6) is 0 Å². The Labute approximate surface area is 113 Å². The Morgan fingerprint density at radius 2 is 2.11 bits per heavy atom. The van der Waals surface area contributed by atoms with Gasteiger partial charge in [0.05, 0.1) is 0 Å². The molecule has 1 aromatic rings. The van der Waals surface area contributed by atoms with Crippen molar-refractivity contribution in [3.8, 4) is 0 Å². The summed E-state index contributed by atoms with van der Waals surface area (Å²) in [6, 6.07) is 6.03. The molecule has 1 aromatic carbocycles. The summed E-state index contributed by atoms with van der Waals surface area (Å²) in [4.78, 5) is 24.8. The van der Waals surface area contributed by atoms with E-state index in [0.717, 1.165) is 5.57 Å². The van der Waals surface area contributed by atoms with Gasteiger partial charge in [-0.05, 0) is 32.0 Å². The highest BCUT2D eigenvalue weighted by Gasteiger charge is 2.14. The van der Waals surface area contributed by atoms with Crippen LogP contribution in [-0.2, 0) is 0 Å². The van der Waals surface area contributed by atoms with Gasteiger partial charge in [-0.2, -0.15) is 0 Å². The van der Waals surface area contributed by atoms with E-state index in [-0.39, 0.29) is 5.91 Å². The molecule has 0 aliphatic rings. The van der Waals surface area contributed by atoms with Gasteiger partial charge in [0.2, 0.25) is 0 Å². The zero-order chi connectivity index (χ0) is 14.4. The lowest BCUT2D eigenvalue weighted by atomic mass is 10.1. The first kappa shape index (κ1) is 14.8. The van der Waals surface area contributed by atoms with Crippen LogP contribution in [0.4, 0.5) is 10.5 Å². The number of amides is 3. The lowest BCUT2D eigenvalue weighted by Crippen LogP contribution is -2.32. The number of hydrogen-bond donors (Lipinski definition) is 2. The Hall–Kier alpha value is -2.30. The van der Waals surface area contributed by atoms with Crippen molar-refractivity contribution in [1.82, 2.24) is 4.90 Å². The topological polar surface area (TPSA) is 75.4 Å². The zero-order valence-electron chi connectivity index (χ0n) is 11.3. The number of urea groups is 1. The summed E-state index contributed by atoms with van der Waals surface area (Å²) in [6.07, 6.45) is 0. The van der Waals surface area contributed by atoms with Gasteiger partial charge in [0.1, 0.15) is 0 Å². The predicted octanol–water partition coefficient (Wildman–Crippen LogP) is 2.22. The van der Waals surface area contributed by atoms with Crippen LogP contribution in [0.25, 0.3) is 0 Å². The van der Waals surface area contributed by atoms with Crippen LogP contribution in [0.2, 0.25) is 0 Å². The van der Waals surface area contributed by atoms with Crippen LogP contribution in [-0.4, -0.2) is 29.9 Å². The Balaban J connectivity index is 2.91. The number of nitrogens with zero attached hydrogens (tertiary/aromatic N) is 1. The number of carbonyl (C=O) groups is 2. The van der Waals surface area contributed by atoms with Gasteiger partial charge < -0.3 is 16.0 Å². The number of nitrogens with one attached hydrogen (secondary N) is 1. The maximum atomic E-state index is 12.3. The first-order valence-electron chi connectivity index (χ1n) is 6.04. The molecule has 0 fully saturated rings. The second-order valence-corrected chi connectivity index (χ2v) is 4.35. The van der Waals surface area contributed by atoms with E-state index in [4.69, 9.17) is 5.73 Å². The molecule has 0 saturated heterocycles. The summed E-state index contributed by atoms with van der Waals surface area (Å²) in [5, 5.41) is 2.45. The van der Waals surface area contributed by atoms with Crippen LogP contribution in [0.3, 0.4) is 0 Å². The van der Waals surface area contributed by atoms with Gasteiger partial charge in [0.15, 0.2) is 0 Å². The van der Waals surface area contributed by atoms with Gasteiger partial charge in [0, 0.05) is 24.3 Å². The van der Waals surface area contributed by atoms with E-state index in [0.29, 0.717) is 24.3 Å². The predicted molar refractivity (Wildman–Crippen MR) is 76.0 cm³/mol. The van der Waals surface area contributed by atoms with Gasteiger partial charge in [-0.3, -0.25) is 4.79 Å². The normalized spacial score (nSPS) is 9.79. The number of rotatable bonds is 5. The van der Waals surface area contributed by atoms with Crippen LogP contribution in [0, 0.1) is 0 Å². The summed E-state index contributed by atoms with van der Waals surface area (Å²) in [5.41, 5.74) is 6.98. The largest absolute Gasteiger partial charge is 0.351 e. The van der Waals surface area contributed by atoms with Crippen molar-refractivity contribution in [1.29, 1.82) is 0 Å². The molecule has 19 heavy (non-hydrogen) atoms. The Bertz CT molecular complexity index is 497. The highest BCUT2D eigenvalue weighted by molar-refractivity contribution is 5.96. The lowest BCUT2D eigenvalue weighted by Gasteiger charge is -2.21. The van der Waals surface area contributed by atoms with Crippen molar-refractivity contribution < 1.29 is 9.59 Å². The van der Waals surface area contributed by atoms with Crippen molar-refractivity contribution in [2.45, 2.75) is 13.8 Å². The molecule has 3 N–H and O–H groups in total. The van der Waals surface area contributed by atoms with Crippen molar-refractivity contribution in [3.63, 3.8) is 0 Å². The van der Waals surface area contributed by atoms with Crippen molar-refractivity contribution in [3.05, 3.63) is 42.0 Å². The van der Waals surface area contributed by atoms with Crippen LogP contribution >= 0.6 is 0 Å². The summed E-state index contributed by atoms with van der Waals surface area (Å²) in [5.74, 6) is -0.0985. The molecule has 0 atom stereocenters. The average Bonchev–Trinajstić information content (AvgIpc) is 2.34. The van der Waals surface area contributed by atoms with Crippen LogP contribution < -0.4 is 11.1 Å². The van der Waals surface area contributed by atoms with E-state index in [9.17, 15) is 9.59 Å². The number of hydrogen-bond acceptors (Lipinski definition) is 2. The molecule has 0 unspecified atom stereocenters. The summed E-state index contributed by atoms with van der Waals surface area (Å²) < 4.78 is 0. The number of primary amides is 1. The first-order chi connectivity index (χ1) is 8.93. The summed E-state index contributed by atoms with van der Waals surface area (Å²) in [7, 11) is 0. The minimum atomic E-state index is -0.654. The second-order valence-electron chi connectivity index (χ2n) is 4.35. The first-order valence-corrected chi connectivity index (χ1v) is 6.04. The van der Waals surface area contributed by atoms with Crippen molar-refractivity contribution >= 4 is 17.6 Å². The molecule has 0 aliphatic heterocycles. The number of benzene rings is 1. The number of anilines is 1. The van der Waals surface area contributed by atoms with E-state index < -0.39 is 6.03 Å². The average molecular weight is 261 g/mol.